The van der Waals surface area contributed by atoms with Gasteiger partial charge in [0.15, 0.2) is 0 Å². The summed E-state index contributed by atoms with van der Waals surface area (Å²) in [4.78, 5) is 2.61. The molecule has 0 radical (unpaired) electrons. The van der Waals surface area contributed by atoms with Gasteiger partial charge in [0.25, 0.3) is 0 Å². The minimum atomic E-state index is -0.680. The predicted molar refractivity (Wildman–Crippen MR) is 104 cm³/mol. The first kappa shape index (κ1) is 18.5. The van der Waals surface area contributed by atoms with Crippen molar-refractivity contribution in [2.24, 2.45) is 0 Å². The standard InChI is InChI=1S/C21H32BNO3/c1-19(2)20(3,4)26-22(25-19)15-21(24)12-17-10-11-18(13-21)23(17)14-16-8-6-5-7-9-16/h5-9,17-18,24H,10-15H2,1-4H3. The number of benzene rings is 1. The minimum Gasteiger partial charge on any atom is -0.403 e. The average Bonchev–Trinajstić information content (AvgIpc) is 2.90. The molecular formula is C21H32BNO3. The highest BCUT2D eigenvalue weighted by Gasteiger charge is 2.55. The van der Waals surface area contributed by atoms with E-state index in [0.29, 0.717) is 18.4 Å². The van der Waals surface area contributed by atoms with Crippen LogP contribution >= 0.6 is 0 Å². The zero-order valence-electron chi connectivity index (χ0n) is 16.6. The molecule has 3 aliphatic heterocycles. The van der Waals surface area contributed by atoms with Gasteiger partial charge in [0, 0.05) is 24.9 Å². The summed E-state index contributed by atoms with van der Waals surface area (Å²) in [7, 11) is -0.315. The van der Waals surface area contributed by atoms with Crippen molar-refractivity contribution >= 4 is 7.12 Å². The van der Waals surface area contributed by atoms with Crippen LogP contribution in [0.5, 0.6) is 0 Å². The van der Waals surface area contributed by atoms with Crippen molar-refractivity contribution < 1.29 is 14.4 Å². The van der Waals surface area contributed by atoms with E-state index in [0.717, 1.165) is 19.4 Å². The van der Waals surface area contributed by atoms with Crippen LogP contribution in [0.1, 0.15) is 58.9 Å². The minimum absolute atomic E-state index is 0.315. The third kappa shape index (κ3) is 3.35. The molecule has 3 heterocycles. The molecule has 0 aromatic heterocycles. The van der Waals surface area contributed by atoms with Crippen molar-refractivity contribution in [3.8, 4) is 0 Å². The second-order valence-corrected chi connectivity index (χ2v) is 9.57. The van der Waals surface area contributed by atoms with Crippen molar-refractivity contribution in [1.82, 2.24) is 4.90 Å². The molecule has 26 heavy (non-hydrogen) atoms. The summed E-state index contributed by atoms with van der Waals surface area (Å²) >= 11 is 0. The lowest BCUT2D eigenvalue weighted by atomic mass is 9.69. The van der Waals surface area contributed by atoms with Gasteiger partial charge < -0.3 is 14.4 Å². The Balaban J connectivity index is 1.42. The Bertz CT molecular complexity index is 618. The number of nitrogens with zero attached hydrogens (tertiary/aromatic N) is 1. The molecular weight excluding hydrogens is 325 g/mol. The number of rotatable bonds is 4. The molecule has 3 fully saturated rings. The molecule has 1 aromatic rings. The van der Waals surface area contributed by atoms with E-state index in [2.05, 4.69) is 62.9 Å². The monoisotopic (exact) mass is 357 g/mol. The van der Waals surface area contributed by atoms with Gasteiger partial charge in [0.2, 0.25) is 0 Å². The summed E-state index contributed by atoms with van der Waals surface area (Å²) in [5.41, 5.74) is 0.0168. The third-order valence-electron chi connectivity index (χ3n) is 7.06. The topological polar surface area (TPSA) is 41.9 Å². The maximum absolute atomic E-state index is 11.4. The highest BCUT2D eigenvalue weighted by molar-refractivity contribution is 6.45. The Kier molecular flexibility index (Phi) is 4.50. The molecule has 3 saturated heterocycles. The Morgan fingerprint density at radius 1 is 1.00 bits per heavy atom. The van der Waals surface area contributed by atoms with Gasteiger partial charge in [-0.2, -0.15) is 0 Å². The zero-order chi connectivity index (χ0) is 18.6. The van der Waals surface area contributed by atoms with Crippen LogP contribution in [-0.4, -0.2) is 46.0 Å². The van der Waals surface area contributed by atoms with Crippen LogP contribution in [0, 0.1) is 0 Å². The Morgan fingerprint density at radius 3 is 2.08 bits per heavy atom. The SMILES string of the molecule is CC1(C)OB(CC2(O)CC3CCC(C2)N3Cc2ccccc2)OC1(C)C. The van der Waals surface area contributed by atoms with Gasteiger partial charge in [-0.05, 0) is 58.9 Å². The van der Waals surface area contributed by atoms with Gasteiger partial charge in [0.05, 0.1) is 16.8 Å². The van der Waals surface area contributed by atoms with Crippen molar-refractivity contribution in [1.29, 1.82) is 0 Å². The number of fused-ring (bicyclic) bond motifs is 2. The molecule has 2 bridgehead atoms. The highest BCUT2D eigenvalue weighted by atomic mass is 16.7. The molecule has 2 unspecified atom stereocenters. The summed E-state index contributed by atoms with van der Waals surface area (Å²) in [5.74, 6) is 0. The van der Waals surface area contributed by atoms with Gasteiger partial charge in [0.1, 0.15) is 0 Å². The maximum Gasteiger partial charge on any atom is 0.460 e. The van der Waals surface area contributed by atoms with E-state index in [4.69, 9.17) is 9.31 Å². The first-order chi connectivity index (χ1) is 12.2. The van der Waals surface area contributed by atoms with E-state index in [-0.39, 0.29) is 18.3 Å². The summed E-state index contributed by atoms with van der Waals surface area (Å²) in [6.45, 7) is 9.28. The molecule has 142 valence electrons. The van der Waals surface area contributed by atoms with E-state index >= 15 is 0 Å². The fraction of sp³-hybridized carbons (Fsp3) is 0.714. The van der Waals surface area contributed by atoms with Crippen LogP contribution in [0.2, 0.25) is 6.32 Å². The molecule has 0 spiro atoms. The van der Waals surface area contributed by atoms with Crippen LogP contribution in [0.3, 0.4) is 0 Å². The fourth-order valence-corrected chi connectivity index (χ4v) is 4.99. The average molecular weight is 357 g/mol. The highest BCUT2D eigenvalue weighted by Crippen LogP contribution is 2.46. The molecule has 0 aliphatic carbocycles. The molecule has 2 atom stereocenters. The van der Waals surface area contributed by atoms with Crippen molar-refractivity contribution in [3.05, 3.63) is 35.9 Å². The molecule has 5 heteroatoms. The summed E-state index contributed by atoms with van der Waals surface area (Å²) in [6, 6.07) is 11.6. The molecule has 0 saturated carbocycles. The third-order valence-corrected chi connectivity index (χ3v) is 7.06. The second kappa shape index (κ2) is 6.34. The molecule has 3 aliphatic rings. The predicted octanol–water partition coefficient (Wildman–Crippen LogP) is 3.64. The number of hydrogen-bond donors (Lipinski definition) is 1. The van der Waals surface area contributed by atoms with E-state index in [1.807, 2.05) is 0 Å². The van der Waals surface area contributed by atoms with Crippen LogP contribution in [0.15, 0.2) is 30.3 Å². The summed E-state index contributed by atoms with van der Waals surface area (Å²) in [6.07, 6.45) is 4.58. The lowest BCUT2D eigenvalue weighted by Gasteiger charge is -2.44. The number of piperidine rings is 1. The quantitative estimate of drug-likeness (QED) is 0.836. The first-order valence-corrected chi connectivity index (χ1v) is 10.1. The zero-order valence-corrected chi connectivity index (χ0v) is 16.6. The maximum atomic E-state index is 11.4. The normalized spacial score (nSPS) is 35.8. The van der Waals surface area contributed by atoms with Gasteiger partial charge in [-0.3, -0.25) is 4.90 Å². The molecule has 4 nitrogen and oxygen atoms in total. The van der Waals surface area contributed by atoms with Gasteiger partial charge in [-0.1, -0.05) is 30.3 Å². The van der Waals surface area contributed by atoms with Gasteiger partial charge >= 0.3 is 7.12 Å². The fourth-order valence-electron chi connectivity index (χ4n) is 4.99. The molecule has 4 rings (SSSR count). The van der Waals surface area contributed by atoms with Crippen LogP contribution in [-0.2, 0) is 15.9 Å². The van der Waals surface area contributed by atoms with Gasteiger partial charge in [-0.25, -0.2) is 0 Å². The Labute approximate surface area is 158 Å². The Hall–Kier alpha value is -0.875. The van der Waals surface area contributed by atoms with E-state index < -0.39 is 5.60 Å². The van der Waals surface area contributed by atoms with E-state index in [1.165, 1.54) is 18.4 Å². The molecule has 0 amide bonds. The number of aliphatic hydroxyl groups is 1. The second-order valence-electron chi connectivity index (χ2n) is 9.57. The molecule has 1 aromatic carbocycles. The van der Waals surface area contributed by atoms with Crippen molar-refractivity contribution in [2.75, 3.05) is 0 Å². The Morgan fingerprint density at radius 2 is 1.54 bits per heavy atom. The van der Waals surface area contributed by atoms with E-state index in [1.54, 1.807) is 0 Å². The summed E-state index contributed by atoms with van der Waals surface area (Å²) < 4.78 is 12.3. The largest absolute Gasteiger partial charge is 0.460 e. The van der Waals surface area contributed by atoms with Crippen molar-refractivity contribution in [2.45, 2.75) is 95.1 Å². The summed E-state index contributed by atoms with van der Waals surface area (Å²) in [5, 5.41) is 11.4. The van der Waals surface area contributed by atoms with Crippen LogP contribution in [0.4, 0.5) is 0 Å². The van der Waals surface area contributed by atoms with E-state index in [9.17, 15) is 5.11 Å². The first-order valence-electron chi connectivity index (χ1n) is 10.1. The van der Waals surface area contributed by atoms with Crippen LogP contribution < -0.4 is 0 Å². The van der Waals surface area contributed by atoms with Crippen molar-refractivity contribution in [3.63, 3.8) is 0 Å². The smallest absolute Gasteiger partial charge is 0.403 e. The lowest BCUT2D eigenvalue weighted by molar-refractivity contribution is -0.0450. The number of hydrogen-bond acceptors (Lipinski definition) is 4. The molecule has 1 N–H and O–H groups in total. The van der Waals surface area contributed by atoms with Gasteiger partial charge in [-0.15, -0.1) is 0 Å². The lowest BCUT2D eigenvalue weighted by Crippen LogP contribution is -2.52. The van der Waals surface area contributed by atoms with Crippen LogP contribution in [0.25, 0.3) is 0 Å².